The zero-order chi connectivity index (χ0) is 19.2. The molecule has 0 unspecified atom stereocenters. The minimum absolute atomic E-state index is 0.371. The van der Waals surface area contributed by atoms with Gasteiger partial charge in [0.25, 0.3) is 10.0 Å². The van der Waals surface area contributed by atoms with E-state index < -0.39 is 49.8 Å². The molecule has 26 heavy (non-hydrogen) atoms. The van der Waals surface area contributed by atoms with Crippen molar-refractivity contribution >= 4 is 43.1 Å². The Labute approximate surface area is 155 Å². The monoisotopic (exact) mass is 473 g/mol. The molecule has 0 atom stereocenters. The fraction of sp³-hybridized carbons (Fsp3) is 0. The predicted octanol–water partition coefficient (Wildman–Crippen LogP) is 4.40. The molecule has 0 fully saturated rings. The number of nitrogens with zero attached hydrogens (tertiary/aromatic N) is 1. The summed E-state index contributed by atoms with van der Waals surface area (Å²) in [5.41, 5.74) is 0.371. The van der Waals surface area contributed by atoms with E-state index in [9.17, 15) is 30.4 Å². The van der Waals surface area contributed by atoms with Crippen LogP contribution in [0.5, 0.6) is 0 Å². The van der Waals surface area contributed by atoms with Crippen molar-refractivity contribution in [2.75, 3.05) is 4.72 Å². The van der Waals surface area contributed by atoms with Gasteiger partial charge in [-0.1, -0.05) is 0 Å². The average Bonchev–Trinajstić information content (AvgIpc) is 3.19. The van der Waals surface area contributed by atoms with E-state index in [1.54, 1.807) is 16.9 Å². The molecule has 3 aromatic rings. The maximum Gasteiger partial charge on any atom is 0.269 e. The van der Waals surface area contributed by atoms with Crippen molar-refractivity contribution in [1.29, 1.82) is 0 Å². The van der Waals surface area contributed by atoms with Crippen LogP contribution < -0.4 is 4.72 Å². The number of thiophene rings is 1. The normalized spacial score (nSPS) is 11.8. The number of sulfonamides is 1. The van der Waals surface area contributed by atoms with E-state index in [-0.39, 0.29) is 0 Å². The Bertz CT molecular complexity index is 1080. The van der Waals surface area contributed by atoms with Crippen molar-refractivity contribution in [2.45, 2.75) is 4.90 Å². The van der Waals surface area contributed by atoms with E-state index in [0.717, 1.165) is 3.79 Å². The van der Waals surface area contributed by atoms with E-state index in [1.807, 2.05) is 0 Å². The van der Waals surface area contributed by atoms with E-state index in [0.29, 0.717) is 10.6 Å². The summed E-state index contributed by atoms with van der Waals surface area (Å²) in [7, 11) is -5.14. The van der Waals surface area contributed by atoms with Crippen molar-refractivity contribution in [3.63, 3.8) is 0 Å². The number of hydrogen-bond donors (Lipinski definition) is 2. The molecule has 1 aromatic carbocycles. The summed E-state index contributed by atoms with van der Waals surface area (Å²) in [5.74, 6) is -12.5. The zero-order valence-corrected chi connectivity index (χ0v) is 15.3. The number of halogens is 6. The van der Waals surface area contributed by atoms with Crippen LogP contribution in [0.1, 0.15) is 0 Å². The molecule has 5 nitrogen and oxygen atoms in total. The van der Waals surface area contributed by atoms with Gasteiger partial charge in [0.15, 0.2) is 34.0 Å². The number of aromatic amines is 1. The second-order valence-corrected chi connectivity index (χ2v) is 8.86. The Hall–Kier alpha value is -1.99. The van der Waals surface area contributed by atoms with Gasteiger partial charge in [-0.15, -0.1) is 11.3 Å². The first-order valence-corrected chi connectivity index (χ1v) is 9.56. The van der Waals surface area contributed by atoms with Crippen LogP contribution in [0, 0.1) is 29.1 Å². The Kier molecular flexibility index (Phi) is 4.79. The van der Waals surface area contributed by atoms with Crippen molar-refractivity contribution in [3.8, 4) is 10.6 Å². The molecule has 3 rings (SSSR count). The molecule has 0 spiro atoms. The number of rotatable bonds is 4. The van der Waals surface area contributed by atoms with Gasteiger partial charge in [0, 0.05) is 6.07 Å². The summed E-state index contributed by atoms with van der Waals surface area (Å²) in [5, 5.41) is 6.09. The van der Waals surface area contributed by atoms with Gasteiger partial charge in [-0.3, -0.25) is 9.82 Å². The molecule has 13 heteroatoms. The lowest BCUT2D eigenvalue weighted by Gasteiger charge is -2.09. The van der Waals surface area contributed by atoms with Gasteiger partial charge in [0.05, 0.1) is 14.4 Å². The molecular formula is C13H5BrF5N3O2S2. The van der Waals surface area contributed by atoms with Gasteiger partial charge in [-0.25, -0.2) is 30.4 Å². The third kappa shape index (κ3) is 3.21. The molecule has 0 radical (unpaired) electrons. The van der Waals surface area contributed by atoms with Crippen LogP contribution in [0.4, 0.5) is 27.8 Å². The smallest absolute Gasteiger partial charge is 0.269 e. The average molecular weight is 474 g/mol. The number of nitrogens with one attached hydrogen (secondary N) is 2. The third-order valence-corrected chi connectivity index (χ3v) is 6.12. The van der Waals surface area contributed by atoms with Gasteiger partial charge in [0.2, 0.25) is 5.82 Å². The lowest BCUT2D eigenvalue weighted by Crippen LogP contribution is -2.19. The first kappa shape index (κ1) is 18.8. The molecule has 0 amide bonds. The number of aromatic nitrogens is 2. The van der Waals surface area contributed by atoms with E-state index in [1.165, 1.54) is 17.4 Å². The van der Waals surface area contributed by atoms with Gasteiger partial charge in [-0.05, 0) is 28.1 Å². The highest BCUT2D eigenvalue weighted by atomic mass is 79.9. The van der Waals surface area contributed by atoms with Crippen LogP contribution in [0.2, 0.25) is 0 Å². The first-order chi connectivity index (χ1) is 12.1. The largest absolute Gasteiger partial charge is 0.275 e. The van der Waals surface area contributed by atoms with Crippen LogP contribution in [0.3, 0.4) is 0 Å². The quantitative estimate of drug-likeness (QED) is 0.335. The second kappa shape index (κ2) is 6.63. The highest BCUT2D eigenvalue weighted by Crippen LogP contribution is 2.32. The molecule has 2 heterocycles. The molecule has 0 aliphatic rings. The van der Waals surface area contributed by atoms with Gasteiger partial charge in [0.1, 0.15) is 0 Å². The second-order valence-electron chi connectivity index (χ2n) is 4.78. The fourth-order valence-corrected chi connectivity index (χ4v) is 4.45. The molecule has 138 valence electrons. The topological polar surface area (TPSA) is 74.8 Å². The van der Waals surface area contributed by atoms with Crippen molar-refractivity contribution in [1.82, 2.24) is 10.2 Å². The fourth-order valence-electron chi connectivity index (χ4n) is 1.97. The van der Waals surface area contributed by atoms with Crippen molar-refractivity contribution in [3.05, 3.63) is 51.1 Å². The summed E-state index contributed by atoms with van der Waals surface area (Å²) >= 11 is 4.52. The number of hydrogen-bond acceptors (Lipinski definition) is 4. The summed E-state index contributed by atoms with van der Waals surface area (Å²) in [6.45, 7) is 0. The van der Waals surface area contributed by atoms with Gasteiger partial charge < -0.3 is 0 Å². The summed E-state index contributed by atoms with van der Waals surface area (Å²) in [6.07, 6.45) is 0. The van der Waals surface area contributed by atoms with Crippen LogP contribution in [0.15, 0.2) is 26.9 Å². The molecule has 0 aliphatic carbocycles. The third-order valence-electron chi connectivity index (χ3n) is 3.09. The van der Waals surface area contributed by atoms with Crippen molar-refractivity contribution < 1.29 is 30.4 Å². The standard InChI is InChI=1S/C13H5BrF5N3O2S2/c14-6-2-1-5(25-6)4-3-7(21-20-4)22-26(23,24)13-11(18)9(16)8(15)10(17)12(13)19/h1-3H,(H2,20,21,22). The maximum atomic E-state index is 13.7. The lowest BCUT2D eigenvalue weighted by atomic mass is 10.3. The molecule has 0 bridgehead atoms. The predicted molar refractivity (Wildman–Crippen MR) is 86.6 cm³/mol. The Morgan fingerprint density at radius 1 is 1.00 bits per heavy atom. The summed E-state index contributed by atoms with van der Waals surface area (Å²) in [6, 6.07) is 4.60. The van der Waals surface area contributed by atoms with Crippen LogP contribution in [-0.2, 0) is 10.0 Å². The molecule has 0 saturated carbocycles. The highest BCUT2D eigenvalue weighted by Gasteiger charge is 2.34. The molecule has 0 saturated heterocycles. The van der Waals surface area contributed by atoms with Gasteiger partial charge >= 0.3 is 0 Å². The van der Waals surface area contributed by atoms with E-state index in [4.69, 9.17) is 0 Å². The molecule has 2 N–H and O–H groups in total. The minimum atomic E-state index is -5.14. The van der Waals surface area contributed by atoms with Crippen LogP contribution in [-0.4, -0.2) is 18.6 Å². The van der Waals surface area contributed by atoms with Crippen molar-refractivity contribution in [2.24, 2.45) is 0 Å². The minimum Gasteiger partial charge on any atom is -0.275 e. The number of anilines is 1. The van der Waals surface area contributed by atoms with E-state index in [2.05, 4.69) is 26.1 Å². The summed E-state index contributed by atoms with van der Waals surface area (Å²) < 4.78 is 93.6. The van der Waals surface area contributed by atoms with Crippen LogP contribution >= 0.6 is 27.3 Å². The van der Waals surface area contributed by atoms with Crippen LogP contribution in [0.25, 0.3) is 10.6 Å². The zero-order valence-electron chi connectivity index (χ0n) is 12.1. The molecular weight excluding hydrogens is 469 g/mol. The van der Waals surface area contributed by atoms with E-state index >= 15 is 0 Å². The SMILES string of the molecule is O=S(=O)(Nc1cc(-c2ccc(Br)s2)[nH]n1)c1c(F)c(F)c(F)c(F)c1F. The Morgan fingerprint density at radius 3 is 2.12 bits per heavy atom. The Morgan fingerprint density at radius 2 is 1.58 bits per heavy atom. The number of H-pyrrole nitrogens is 1. The maximum absolute atomic E-state index is 13.7. The van der Waals surface area contributed by atoms with Gasteiger partial charge in [-0.2, -0.15) is 5.10 Å². The lowest BCUT2D eigenvalue weighted by molar-refractivity contribution is 0.358. The first-order valence-electron chi connectivity index (χ1n) is 6.47. The number of benzene rings is 1. The highest BCUT2D eigenvalue weighted by molar-refractivity contribution is 9.11. The Balaban J connectivity index is 2.00. The summed E-state index contributed by atoms with van der Waals surface area (Å²) in [4.78, 5) is -1.33. The molecule has 0 aliphatic heterocycles. The molecule has 2 aromatic heterocycles.